The second kappa shape index (κ2) is 6.64. The molecule has 4 amide bonds. The molecule has 0 saturated carbocycles. The molecule has 4 rings (SSSR count). The average molecular weight is 408 g/mol. The zero-order chi connectivity index (χ0) is 20.8. The van der Waals surface area contributed by atoms with Crippen LogP contribution in [-0.2, 0) is 29.4 Å². The highest BCUT2D eigenvalue weighted by molar-refractivity contribution is 7.89. The molecule has 9 heteroatoms. The normalized spacial score (nSPS) is 17.1. The van der Waals surface area contributed by atoms with E-state index in [0.717, 1.165) is 12.2 Å². The number of hydrogen-bond acceptors (Lipinski definition) is 6. The summed E-state index contributed by atoms with van der Waals surface area (Å²) in [6.07, 6.45) is 1.73. The van der Waals surface area contributed by atoms with Crippen molar-refractivity contribution in [2.75, 3.05) is 0 Å². The van der Waals surface area contributed by atoms with Crippen LogP contribution in [0.5, 0.6) is 0 Å². The van der Waals surface area contributed by atoms with Crippen LogP contribution in [0.3, 0.4) is 0 Å². The summed E-state index contributed by atoms with van der Waals surface area (Å²) in [5.74, 6) is -4.56. The molecule has 2 heterocycles. The van der Waals surface area contributed by atoms with Gasteiger partial charge in [-0.2, -0.15) is 8.42 Å². The van der Waals surface area contributed by atoms with E-state index in [0.29, 0.717) is 11.1 Å². The van der Waals surface area contributed by atoms with Crippen molar-refractivity contribution in [2.24, 2.45) is 0 Å². The van der Waals surface area contributed by atoms with Crippen molar-refractivity contribution < 1.29 is 27.6 Å². The minimum Gasteiger partial charge on any atom is -0.268 e. The molecule has 0 bridgehead atoms. The van der Waals surface area contributed by atoms with E-state index < -0.39 is 33.8 Å². The van der Waals surface area contributed by atoms with Crippen LogP contribution < -0.4 is 0 Å². The van der Waals surface area contributed by atoms with Gasteiger partial charge in [0.15, 0.2) is 0 Å². The number of nitrogens with zero attached hydrogens (tertiary/aromatic N) is 2. The fraction of sp³-hybridized carbons (Fsp3) is 0. The van der Waals surface area contributed by atoms with Crippen molar-refractivity contribution in [2.45, 2.75) is 0 Å². The third-order valence-electron chi connectivity index (χ3n) is 4.40. The Balaban J connectivity index is 1.68. The van der Waals surface area contributed by atoms with Crippen LogP contribution in [-0.4, -0.2) is 40.7 Å². The van der Waals surface area contributed by atoms with Gasteiger partial charge in [-0.3, -0.25) is 19.2 Å². The Morgan fingerprint density at radius 3 is 1.24 bits per heavy atom. The highest BCUT2D eigenvalue weighted by Crippen LogP contribution is 2.31. The van der Waals surface area contributed by atoms with Crippen LogP contribution >= 0.6 is 0 Å². The lowest BCUT2D eigenvalue weighted by Crippen LogP contribution is -2.49. The van der Waals surface area contributed by atoms with E-state index in [1.807, 2.05) is 0 Å². The lowest BCUT2D eigenvalue weighted by molar-refractivity contribution is -0.131. The Labute approximate surface area is 165 Å². The zero-order valence-electron chi connectivity index (χ0n) is 14.7. The third kappa shape index (κ3) is 2.88. The maximum Gasteiger partial charge on any atom is 0.345 e. The average Bonchev–Trinajstić information content (AvgIpc) is 3.18. The van der Waals surface area contributed by atoms with Gasteiger partial charge in [0.05, 0.1) is 11.1 Å². The van der Waals surface area contributed by atoms with E-state index in [-0.39, 0.29) is 19.8 Å². The van der Waals surface area contributed by atoms with Crippen LogP contribution in [0.1, 0.15) is 11.1 Å². The van der Waals surface area contributed by atoms with Crippen molar-refractivity contribution in [1.29, 1.82) is 0 Å². The molecule has 0 radical (unpaired) electrons. The Morgan fingerprint density at radius 2 is 0.897 bits per heavy atom. The topological polar surface area (TPSA) is 109 Å². The van der Waals surface area contributed by atoms with Gasteiger partial charge in [0.2, 0.25) is 0 Å². The molecule has 0 aliphatic carbocycles. The van der Waals surface area contributed by atoms with Gasteiger partial charge in [-0.1, -0.05) is 60.7 Å². The number of carbonyl (C=O) groups is 4. The minimum atomic E-state index is -5.05. The number of benzene rings is 2. The van der Waals surface area contributed by atoms with Gasteiger partial charge in [-0.05, 0) is 11.1 Å². The van der Waals surface area contributed by atoms with Crippen LogP contribution in [0.25, 0.3) is 11.1 Å². The Bertz CT molecular complexity index is 1140. The number of carbonyl (C=O) groups excluding carboxylic acids is 4. The molecule has 2 aromatic carbocycles. The summed E-state index contributed by atoms with van der Waals surface area (Å²) in [5.41, 5.74) is 0.389. The number of imide groups is 2. The van der Waals surface area contributed by atoms with Gasteiger partial charge in [0.1, 0.15) is 0 Å². The summed E-state index contributed by atoms with van der Waals surface area (Å²) in [6.45, 7) is 0. The molecule has 0 fully saturated rings. The molecule has 144 valence electrons. The van der Waals surface area contributed by atoms with E-state index in [1.54, 1.807) is 36.4 Å². The lowest BCUT2D eigenvalue weighted by atomic mass is 10.1. The molecule has 0 unspecified atom stereocenters. The lowest BCUT2D eigenvalue weighted by Gasteiger charge is -2.21. The molecule has 0 aromatic heterocycles. The summed E-state index contributed by atoms with van der Waals surface area (Å²) >= 11 is 0. The highest BCUT2D eigenvalue weighted by Gasteiger charge is 2.50. The van der Waals surface area contributed by atoms with Gasteiger partial charge in [-0.25, -0.2) is 0 Å². The molecule has 2 aliphatic rings. The van der Waals surface area contributed by atoms with E-state index in [4.69, 9.17) is 0 Å². The first-order chi connectivity index (χ1) is 13.8. The Kier molecular flexibility index (Phi) is 4.24. The summed E-state index contributed by atoms with van der Waals surface area (Å²) in [6, 6.07) is 16.0. The Hall–Kier alpha value is -3.85. The largest absolute Gasteiger partial charge is 0.345 e. The molecule has 29 heavy (non-hydrogen) atoms. The van der Waals surface area contributed by atoms with E-state index >= 15 is 0 Å². The van der Waals surface area contributed by atoms with Crippen LogP contribution in [0.4, 0.5) is 0 Å². The van der Waals surface area contributed by atoms with Crippen molar-refractivity contribution >= 4 is 45.0 Å². The molecule has 8 nitrogen and oxygen atoms in total. The maximum absolute atomic E-state index is 12.9. The van der Waals surface area contributed by atoms with Gasteiger partial charge in [-0.15, -0.1) is 8.61 Å². The van der Waals surface area contributed by atoms with Gasteiger partial charge in [0.25, 0.3) is 23.6 Å². The predicted molar refractivity (Wildman–Crippen MR) is 101 cm³/mol. The first-order valence-electron chi connectivity index (χ1n) is 8.39. The van der Waals surface area contributed by atoms with E-state index in [2.05, 4.69) is 0 Å². The fourth-order valence-electron chi connectivity index (χ4n) is 3.07. The molecule has 0 N–H and O–H groups in total. The van der Waals surface area contributed by atoms with Crippen molar-refractivity contribution in [3.8, 4) is 0 Å². The van der Waals surface area contributed by atoms with Gasteiger partial charge >= 0.3 is 10.2 Å². The monoisotopic (exact) mass is 408 g/mol. The minimum absolute atomic E-state index is 0.0626. The van der Waals surface area contributed by atoms with Crippen LogP contribution in [0, 0.1) is 0 Å². The fourth-order valence-corrected chi connectivity index (χ4v) is 4.41. The molecule has 0 saturated heterocycles. The second-order valence-corrected chi connectivity index (χ2v) is 7.80. The smallest absolute Gasteiger partial charge is 0.268 e. The van der Waals surface area contributed by atoms with Crippen molar-refractivity contribution in [1.82, 2.24) is 8.61 Å². The maximum atomic E-state index is 12.9. The first-order valence-corrected chi connectivity index (χ1v) is 9.78. The van der Waals surface area contributed by atoms with E-state index in [9.17, 15) is 27.6 Å². The molecule has 2 aliphatic heterocycles. The molecular formula is C20H12N2O6S. The molecule has 2 aromatic rings. The zero-order valence-corrected chi connectivity index (χ0v) is 15.5. The van der Waals surface area contributed by atoms with Crippen LogP contribution in [0.15, 0.2) is 72.8 Å². The molecular weight excluding hydrogens is 396 g/mol. The van der Waals surface area contributed by atoms with Crippen molar-refractivity contribution in [3.05, 3.63) is 83.9 Å². The van der Waals surface area contributed by atoms with E-state index in [1.165, 1.54) is 24.3 Å². The molecule has 0 atom stereocenters. The third-order valence-corrected chi connectivity index (χ3v) is 6.01. The molecule has 0 spiro atoms. The number of hydrogen-bond donors (Lipinski definition) is 0. The highest BCUT2D eigenvalue weighted by atomic mass is 32.2. The number of amides is 4. The first kappa shape index (κ1) is 18.5. The quantitative estimate of drug-likeness (QED) is 0.702. The number of rotatable bonds is 4. The summed E-state index contributed by atoms with van der Waals surface area (Å²) in [5, 5.41) is 0. The summed E-state index contributed by atoms with van der Waals surface area (Å²) in [7, 11) is -5.05. The van der Waals surface area contributed by atoms with Gasteiger partial charge in [0, 0.05) is 12.2 Å². The van der Waals surface area contributed by atoms with Gasteiger partial charge < -0.3 is 0 Å². The summed E-state index contributed by atoms with van der Waals surface area (Å²) < 4.78 is 25.7. The SMILES string of the molecule is O=C1C=C(c2ccccc2)C(=O)N1S(=O)(=O)N1C(=O)C=C(c2ccccc2)C1=O. The summed E-state index contributed by atoms with van der Waals surface area (Å²) in [4.78, 5) is 50.0. The second-order valence-electron chi connectivity index (χ2n) is 6.17. The Morgan fingerprint density at radius 1 is 0.552 bits per heavy atom. The van der Waals surface area contributed by atoms with Crippen LogP contribution in [0.2, 0.25) is 0 Å². The standard InChI is InChI=1S/C20H12N2O6S/c23-17-11-15(13-7-3-1-4-8-13)19(25)21(17)29(27,28)22-18(24)12-16(20(22)26)14-9-5-2-6-10-14/h1-12H. The van der Waals surface area contributed by atoms with Crippen molar-refractivity contribution in [3.63, 3.8) is 0 Å². The predicted octanol–water partition coefficient (Wildman–Crippen LogP) is 1.14.